The minimum atomic E-state index is -1.15. The standard InChI is InChI=1S/C26H36N2O5Si/c1-19(2)7-11-23-21(10-8-20-9-12-25(28(29)30)26(15-20)31-3)16-22(17-24(23)27)33-18-32-13-14-34(4,5)6/h7-10,12,15-17H,11,13-14,18,27H2,1-6H3/b10-8+. The number of hydrogen-bond acceptors (Lipinski definition) is 6. The predicted octanol–water partition coefficient (Wildman–Crippen LogP) is 6.56. The van der Waals surface area contributed by atoms with Gasteiger partial charge >= 0.3 is 5.69 Å². The fourth-order valence-electron chi connectivity index (χ4n) is 3.14. The third kappa shape index (κ3) is 8.68. The second kappa shape index (κ2) is 12.4. The SMILES string of the molecule is COc1cc(/C=C/c2cc(OCOCC[Si](C)(C)C)cc(N)c2CC=C(C)C)ccc1[N+](=O)[O-]. The number of nitro benzene ring substituents is 1. The highest BCUT2D eigenvalue weighted by Crippen LogP contribution is 2.30. The molecule has 0 saturated carbocycles. The molecule has 34 heavy (non-hydrogen) atoms. The summed E-state index contributed by atoms with van der Waals surface area (Å²) >= 11 is 0. The number of hydrogen-bond donors (Lipinski definition) is 1. The molecule has 0 atom stereocenters. The summed E-state index contributed by atoms with van der Waals surface area (Å²) in [5, 5.41) is 11.2. The van der Waals surface area contributed by atoms with E-state index in [2.05, 4.69) is 25.7 Å². The Morgan fingerprint density at radius 1 is 1.15 bits per heavy atom. The van der Waals surface area contributed by atoms with Crippen molar-refractivity contribution in [3.05, 3.63) is 68.8 Å². The first-order chi connectivity index (χ1) is 16.0. The lowest BCUT2D eigenvalue weighted by Crippen LogP contribution is -2.22. The maximum atomic E-state index is 11.2. The van der Waals surface area contributed by atoms with Gasteiger partial charge in [-0.05, 0) is 61.2 Å². The number of nitrogens with two attached hydrogens (primary N) is 1. The van der Waals surface area contributed by atoms with Gasteiger partial charge in [0.2, 0.25) is 0 Å². The van der Waals surface area contributed by atoms with E-state index in [1.807, 2.05) is 38.1 Å². The molecule has 0 fully saturated rings. The minimum Gasteiger partial charge on any atom is -0.490 e. The first kappa shape index (κ1) is 27.1. The number of nitro groups is 1. The van der Waals surface area contributed by atoms with Gasteiger partial charge in [-0.1, -0.05) is 43.4 Å². The zero-order valence-corrected chi connectivity index (χ0v) is 22.0. The molecule has 2 rings (SSSR count). The lowest BCUT2D eigenvalue weighted by atomic mass is 9.99. The van der Waals surface area contributed by atoms with Crippen molar-refractivity contribution in [2.45, 2.75) is 46.0 Å². The smallest absolute Gasteiger partial charge is 0.310 e. The third-order valence-electron chi connectivity index (χ3n) is 5.17. The summed E-state index contributed by atoms with van der Waals surface area (Å²) in [6, 6.07) is 9.60. The molecule has 0 unspecified atom stereocenters. The zero-order chi connectivity index (χ0) is 25.3. The first-order valence-corrected chi connectivity index (χ1v) is 15.0. The van der Waals surface area contributed by atoms with E-state index >= 15 is 0 Å². The molecule has 0 bridgehead atoms. The molecule has 2 N–H and O–H groups in total. The molecule has 0 aliphatic heterocycles. The van der Waals surface area contributed by atoms with Crippen molar-refractivity contribution in [2.75, 3.05) is 26.2 Å². The number of anilines is 1. The summed E-state index contributed by atoms with van der Waals surface area (Å²) in [4.78, 5) is 10.7. The number of allylic oxidation sites excluding steroid dienone is 2. The van der Waals surface area contributed by atoms with Crippen molar-refractivity contribution in [2.24, 2.45) is 0 Å². The molecule has 184 valence electrons. The van der Waals surface area contributed by atoms with Crippen molar-refractivity contribution in [1.29, 1.82) is 0 Å². The highest BCUT2D eigenvalue weighted by molar-refractivity contribution is 6.76. The van der Waals surface area contributed by atoms with Crippen molar-refractivity contribution in [3.8, 4) is 11.5 Å². The largest absolute Gasteiger partial charge is 0.490 e. The van der Waals surface area contributed by atoms with E-state index in [0.29, 0.717) is 24.5 Å². The first-order valence-electron chi connectivity index (χ1n) is 11.3. The van der Waals surface area contributed by atoms with E-state index in [9.17, 15) is 10.1 Å². The van der Waals surface area contributed by atoms with E-state index in [4.69, 9.17) is 19.9 Å². The predicted molar refractivity (Wildman–Crippen MR) is 142 cm³/mol. The normalized spacial score (nSPS) is 11.5. The molecule has 8 heteroatoms. The van der Waals surface area contributed by atoms with Crippen LogP contribution in [0.4, 0.5) is 11.4 Å². The number of ether oxygens (including phenoxy) is 3. The number of benzene rings is 2. The number of nitrogen functional groups attached to an aromatic ring is 1. The average Bonchev–Trinajstić information content (AvgIpc) is 2.75. The molecule has 0 aliphatic carbocycles. The van der Waals surface area contributed by atoms with E-state index in [1.54, 1.807) is 12.1 Å². The molecule has 0 radical (unpaired) electrons. The van der Waals surface area contributed by atoms with Crippen LogP contribution in [0.25, 0.3) is 12.2 Å². The van der Waals surface area contributed by atoms with Gasteiger partial charge in [0, 0.05) is 32.5 Å². The van der Waals surface area contributed by atoms with Crippen molar-refractivity contribution in [1.82, 2.24) is 0 Å². The fraction of sp³-hybridized carbons (Fsp3) is 0.385. The van der Waals surface area contributed by atoms with Crippen LogP contribution in [-0.4, -0.2) is 33.5 Å². The van der Waals surface area contributed by atoms with Crippen molar-refractivity contribution < 1.29 is 19.1 Å². The maximum Gasteiger partial charge on any atom is 0.310 e. The molecule has 0 aromatic heterocycles. The Balaban J connectivity index is 2.28. The number of rotatable bonds is 12. The Bertz CT molecular complexity index is 1050. The molecule has 0 heterocycles. The van der Waals surface area contributed by atoms with Crippen LogP contribution in [0, 0.1) is 10.1 Å². The Morgan fingerprint density at radius 3 is 2.50 bits per heavy atom. The van der Waals surface area contributed by atoms with Gasteiger partial charge in [-0.3, -0.25) is 10.1 Å². The van der Waals surface area contributed by atoms with Gasteiger partial charge in [-0.2, -0.15) is 0 Å². The number of nitrogens with zero attached hydrogens (tertiary/aromatic N) is 1. The molecule has 7 nitrogen and oxygen atoms in total. The maximum absolute atomic E-state index is 11.2. The van der Waals surface area contributed by atoms with Crippen LogP contribution in [0.15, 0.2) is 42.0 Å². The Kier molecular flexibility index (Phi) is 9.89. The minimum absolute atomic E-state index is 0.0716. The molecule has 0 amide bonds. The van der Waals surface area contributed by atoms with Crippen molar-refractivity contribution in [3.63, 3.8) is 0 Å². The van der Waals surface area contributed by atoms with Gasteiger partial charge in [-0.15, -0.1) is 0 Å². The van der Waals surface area contributed by atoms with Crippen LogP contribution < -0.4 is 15.2 Å². The van der Waals surface area contributed by atoms with Gasteiger partial charge in [-0.25, -0.2) is 0 Å². The Labute approximate surface area is 203 Å². The van der Waals surface area contributed by atoms with E-state index in [-0.39, 0.29) is 18.2 Å². The summed E-state index contributed by atoms with van der Waals surface area (Å²) in [6.45, 7) is 11.9. The van der Waals surface area contributed by atoms with E-state index < -0.39 is 13.0 Å². The molecule has 2 aromatic rings. The van der Waals surface area contributed by atoms with Gasteiger partial charge < -0.3 is 19.9 Å². The topological polar surface area (TPSA) is 96.8 Å². The molecule has 0 saturated heterocycles. The van der Waals surface area contributed by atoms with Crippen LogP contribution in [0.2, 0.25) is 25.7 Å². The molecular weight excluding hydrogens is 448 g/mol. The summed E-state index contributed by atoms with van der Waals surface area (Å²) in [6.07, 6.45) is 6.62. The highest BCUT2D eigenvalue weighted by atomic mass is 28.3. The molecular formula is C26H36N2O5Si. The fourth-order valence-corrected chi connectivity index (χ4v) is 3.90. The molecule has 2 aromatic carbocycles. The van der Waals surface area contributed by atoms with E-state index in [1.165, 1.54) is 18.7 Å². The summed E-state index contributed by atoms with van der Waals surface area (Å²) in [7, 11) is 0.266. The van der Waals surface area contributed by atoms with Crippen LogP contribution in [0.3, 0.4) is 0 Å². The summed E-state index contributed by atoms with van der Waals surface area (Å²) in [5.41, 5.74) is 10.8. The monoisotopic (exact) mass is 484 g/mol. The lowest BCUT2D eigenvalue weighted by molar-refractivity contribution is -0.385. The van der Waals surface area contributed by atoms with Crippen LogP contribution in [-0.2, 0) is 11.2 Å². The quantitative estimate of drug-likeness (QED) is 0.0536. The average molecular weight is 485 g/mol. The molecule has 0 spiro atoms. The van der Waals surface area contributed by atoms with Gasteiger partial charge in [0.25, 0.3) is 0 Å². The molecule has 0 aliphatic rings. The van der Waals surface area contributed by atoms with Gasteiger partial charge in [0.05, 0.1) is 12.0 Å². The van der Waals surface area contributed by atoms with Gasteiger partial charge in [0.15, 0.2) is 12.5 Å². The second-order valence-electron chi connectivity index (χ2n) is 9.57. The lowest BCUT2D eigenvalue weighted by Gasteiger charge is -2.16. The van der Waals surface area contributed by atoms with Gasteiger partial charge in [0.1, 0.15) is 5.75 Å². The number of methoxy groups -OCH3 is 1. The second-order valence-corrected chi connectivity index (χ2v) is 15.2. The van der Waals surface area contributed by atoms with Crippen LogP contribution in [0.1, 0.15) is 30.5 Å². The van der Waals surface area contributed by atoms with Crippen molar-refractivity contribution >= 4 is 31.6 Å². The summed E-state index contributed by atoms with van der Waals surface area (Å²) in [5.74, 6) is 0.844. The van der Waals surface area contributed by atoms with Crippen LogP contribution >= 0.6 is 0 Å². The third-order valence-corrected chi connectivity index (χ3v) is 6.87. The highest BCUT2D eigenvalue weighted by Gasteiger charge is 2.14. The summed E-state index contributed by atoms with van der Waals surface area (Å²) < 4.78 is 16.7. The Morgan fingerprint density at radius 2 is 1.88 bits per heavy atom. The van der Waals surface area contributed by atoms with E-state index in [0.717, 1.165) is 22.7 Å². The zero-order valence-electron chi connectivity index (χ0n) is 21.0. The van der Waals surface area contributed by atoms with Crippen LogP contribution in [0.5, 0.6) is 11.5 Å². The Hall–Kier alpha value is -3.10.